The van der Waals surface area contributed by atoms with Crippen molar-refractivity contribution >= 4 is 23.6 Å². The van der Waals surface area contributed by atoms with E-state index in [0.717, 1.165) is 29.9 Å². The quantitative estimate of drug-likeness (QED) is 0.317. The van der Waals surface area contributed by atoms with Crippen molar-refractivity contribution < 1.29 is 28.5 Å². The molecule has 3 atom stereocenters. The van der Waals surface area contributed by atoms with Crippen LogP contribution in [0, 0.1) is 0 Å². The van der Waals surface area contributed by atoms with Gasteiger partial charge in [0.1, 0.15) is 24.1 Å². The number of pyridine rings is 2. The predicted molar refractivity (Wildman–Crippen MR) is 150 cm³/mol. The third-order valence-electron chi connectivity index (χ3n) is 7.21. The second kappa shape index (κ2) is 12.1. The number of hydrogen-bond donors (Lipinski definition) is 3. The predicted octanol–water partition coefficient (Wildman–Crippen LogP) is 2.35. The number of amides is 2. The van der Waals surface area contributed by atoms with Crippen LogP contribution in [0.25, 0.3) is 11.3 Å². The summed E-state index contributed by atoms with van der Waals surface area (Å²) >= 11 is 0. The van der Waals surface area contributed by atoms with E-state index >= 15 is 0 Å². The molecule has 2 saturated heterocycles. The van der Waals surface area contributed by atoms with Crippen molar-refractivity contribution in [3.63, 3.8) is 0 Å². The maximum Gasteiger partial charge on any atom is 0.415 e. The number of hydrogen-bond acceptors (Lipinski definition) is 10. The Kier molecular flexibility index (Phi) is 7.94. The molecule has 12 heteroatoms. The van der Waals surface area contributed by atoms with Gasteiger partial charge >= 0.3 is 6.09 Å². The van der Waals surface area contributed by atoms with Crippen molar-refractivity contribution in [2.24, 2.45) is 0 Å². The van der Waals surface area contributed by atoms with Crippen molar-refractivity contribution in [2.45, 2.75) is 31.3 Å². The van der Waals surface area contributed by atoms with Crippen molar-refractivity contribution in [1.82, 2.24) is 20.6 Å². The van der Waals surface area contributed by atoms with E-state index in [0.29, 0.717) is 49.3 Å². The Morgan fingerprint density at radius 1 is 1.07 bits per heavy atom. The molecule has 3 aliphatic rings. The Morgan fingerprint density at radius 2 is 1.95 bits per heavy atom. The van der Waals surface area contributed by atoms with Crippen molar-refractivity contribution in [3.8, 4) is 22.9 Å². The molecule has 1 aromatic carbocycles. The molecule has 3 aromatic rings. The van der Waals surface area contributed by atoms with Gasteiger partial charge in [0.25, 0.3) is 5.91 Å². The molecule has 12 nitrogen and oxygen atoms in total. The number of carbonyl (C=O) groups excluding carboxylic acids is 2. The van der Waals surface area contributed by atoms with Crippen LogP contribution in [0.4, 0.5) is 16.4 Å². The molecule has 0 radical (unpaired) electrons. The number of benzene rings is 1. The molecule has 0 spiro atoms. The van der Waals surface area contributed by atoms with Crippen LogP contribution in [-0.2, 0) is 20.8 Å². The smallest absolute Gasteiger partial charge is 0.415 e. The molecule has 0 aliphatic carbocycles. The Morgan fingerprint density at radius 3 is 2.85 bits per heavy atom. The Hall–Kier alpha value is -4.26. The number of rotatable bonds is 10. The molecule has 6 rings (SSSR count). The number of nitrogens with zero attached hydrogens (tertiary/aromatic N) is 3. The fourth-order valence-electron chi connectivity index (χ4n) is 5.08. The summed E-state index contributed by atoms with van der Waals surface area (Å²) in [5.41, 5.74) is 2.95. The second-order valence-electron chi connectivity index (χ2n) is 10.1. The molecule has 5 heterocycles. The van der Waals surface area contributed by atoms with Crippen LogP contribution in [0.5, 0.6) is 11.6 Å². The maximum absolute atomic E-state index is 12.5. The topological polar surface area (TPSA) is 136 Å². The monoisotopic (exact) mass is 560 g/mol. The highest BCUT2D eigenvalue weighted by molar-refractivity contribution is 5.95. The van der Waals surface area contributed by atoms with Gasteiger partial charge in [-0.3, -0.25) is 9.69 Å². The number of anilines is 2. The molecule has 3 N–H and O–H groups in total. The third kappa shape index (κ3) is 6.24. The number of nitrogens with one attached hydrogen (secondary N) is 3. The first-order valence-electron chi connectivity index (χ1n) is 13.6. The number of ether oxygens (including phenoxy) is 4. The zero-order valence-corrected chi connectivity index (χ0v) is 22.7. The lowest BCUT2D eigenvalue weighted by Crippen LogP contribution is -2.31. The number of cyclic esters (lactones) is 1. The van der Waals surface area contributed by atoms with E-state index in [1.807, 2.05) is 30.3 Å². The van der Waals surface area contributed by atoms with Crippen LogP contribution in [0.1, 0.15) is 12.0 Å². The first-order chi connectivity index (χ1) is 20.1. The summed E-state index contributed by atoms with van der Waals surface area (Å²) in [6, 6.07) is 17.4. The lowest BCUT2D eigenvalue weighted by atomic mass is 10.1. The van der Waals surface area contributed by atoms with E-state index in [-0.39, 0.29) is 30.8 Å². The van der Waals surface area contributed by atoms with Crippen LogP contribution in [0.3, 0.4) is 0 Å². The van der Waals surface area contributed by atoms with E-state index in [4.69, 9.17) is 23.9 Å². The number of fused-ring (bicyclic) bond motifs is 1. The summed E-state index contributed by atoms with van der Waals surface area (Å²) in [5, 5.41) is 9.38. The lowest BCUT2D eigenvalue weighted by Gasteiger charge is -2.19. The first-order valence-corrected chi connectivity index (χ1v) is 13.6. The minimum atomic E-state index is -0.459. The zero-order chi connectivity index (χ0) is 28.2. The molecule has 0 bridgehead atoms. The van der Waals surface area contributed by atoms with Gasteiger partial charge in [-0.25, -0.2) is 14.8 Å². The van der Waals surface area contributed by atoms with Crippen LogP contribution in [0.15, 0.2) is 54.6 Å². The molecule has 0 saturated carbocycles. The summed E-state index contributed by atoms with van der Waals surface area (Å²) in [6.07, 6.45) is -0.156. The minimum Gasteiger partial charge on any atom is -0.480 e. The average Bonchev–Trinajstić information content (AvgIpc) is 3.60. The molecular formula is C29H32N6O6. The third-order valence-corrected chi connectivity index (χ3v) is 7.21. The van der Waals surface area contributed by atoms with Gasteiger partial charge in [-0.1, -0.05) is 24.3 Å². The van der Waals surface area contributed by atoms with Gasteiger partial charge in [0.15, 0.2) is 18.2 Å². The molecule has 2 amide bonds. The van der Waals surface area contributed by atoms with Crippen LogP contribution < -0.4 is 30.3 Å². The molecule has 2 fully saturated rings. The van der Waals surface area contributed by atoms with Crippen molar-refractivity contribution in [2.75, 3.05) is 50.1 Å². The molecule has 2 aromatic heterocycles. The number of carbonyl (C=O) groups is 2. The molecule has 41 heavy (non-hydrogen) atoms. The molecular weight excluding hydrogens is 528 g/mol. The lowest BCUT2D eigenvalue weighted by molar-refractivity contribution is -0.118. The zero-order valence-electron chi connectivity index (χ0n) is 22.7. The van der Waals surface area contributed by atoms with Crippen LogP contribution in [0.2, 0.25) is 0 Å². The van der Waals surface area contributed by atoms with Crippen molar-refractivity contribution in [1.29, 1.82) is 0 Å². The number of methoxy groups -OCH3 is 1. The van der Waals surface area contributed by atoms with Crippen LogP contribution >= 0.6 is 0 Å². The Labute approximate surface area is 237 Å². The SMILES string of the molecule is CO[C@H]1CNC[C@@H]1Oc1cccc(-c2cccc(CNCCC3CN(c4ccc5c(n4)NC(=O)CO5)C(=O)O3)c2)n1. The maximum atomic E-state index is 12.5. The van der Waals surface area contributed by atoms with Crippen LogP contribution in [-0.4, -0.2) is 80.2 Å². The highest BCUT2D eigenvalue weighted by Crippen LogP contribution is 2.30. The standard InChI is InChI=1S/C29H32N6O6/c1-38-23-14-31-15-24(23)41-27-7-3-6-21(32-27)19-5-2-4-18(12-19)13-30-11-10-20-16-35(29(37)40-20)25-9-8-22-28(33-25)34-26(36)17-39-22/h2-9,12,20,23-24,30-31H,10-11,13-17H2,1H3,(H,33,34,36)/t20?,23-,24-/m0/s1. The van der Waals surface area contributed by atoms with Gasteiger partial charge in [-0.05, 0) is 42.8 Å². The van der Waals surface area contributed by atoms with E-state index in [2.05, 4.69) is 33.1 Å². The number of aromatic nitrogens is 2. The second-order valence-corrected chi connectivity index (χ2v) is 10.1. The van der Waals surface area contributed by atoms with Crippen molar-refractivity contribution in [3.05, 3.63) is 60.2 Å². The summed E-state index contributed by atoms with van der Waals surface area (Å²) in [5.74, 6) is 1.49. The first kappa shape index (κ1) is 26.9. The van der Waals surface area contributed by atoms with E-state index in [1.54, 1.807) is 19.2 Å². The van der Waals surface area contributed by atoms with Gasteiger partial charge in [0.2, 0.25) is 5.88 Å². The van der Waals surface area contributed by atoms with Gasteiger partial charge in [-0.2, -0.15) is 0 Å². The van der Waals surface area contributed by atoms with Gasteiger partial charge < -0.3 is 34.9 Å². The fraction of sp³-hybridized carbons (Fsp3) is 0.379. The largest absolute Gasteiger partial charge is 0.480 e. The summed E-state index contributed by atoms with van der Waals surface area (Å²) in [4.78, 5) is 34.7. The summed E-state index contributed by atoms with van der Waals surface area (Å²) < 4.78 is 22.5. The average molecular weight is 561 g/mol. The van der Waals surface area contributed by atoms with E-state index < -0.39 is 6.09 Å². The molecule has 3 aliphatic heterocycles. The highest BCUT2D eigenvalue weighted by atomic mass is 16.6. The molecule has 1 unspecified atom stereocenters. The van der Waals surface area contributed by atoms with E-state index in [1.165, 1.54) is 4.90 Å². The van der Waals surface area contributed by atoms with Gasteiger partial charge in [0.05, 0.1) is 12.2 Å². The van der Waals surface area contributed by atoms with Gasteiger partial charge in [0, 0.05) is 38.4 Å². The Bertz CT molecular complexity index is 1420. The normalized spacial score (nSPS) is 21.7. The van der Waals surface area contributed by atoms with Gasteiger partial charge in [-0.15, -0.1) is 0 Å². The highest BCUT2D eigenvalue weighted by Gasteiger charge is 2.34. The minimum absolute atomic E-state index is 0.00491. The summed E-state index contributed by atoms with van der Waals surface area (Å²) in [7, 11) is 1.69. The summed E-state index contributed by atoms with van der Waals surface area (Å²) in [6.45, 7) is 3.14. The fourth-order valence-corrected chi connectivity index (χ4v) is 5.08. The molecule has 214 valence electrons. The Balaban J connectivity index is 1.00. The van der Waals surface area contributed by atoms with E-state index in [9.17, 15) is 9.59 Å².